The Hall–Kier alpha value is -2.16. The highest BCUT2D eigenvalue weighted by Crippen LogP contribution is 2.17. The van der Waals surface area contributed by atoms with Gasteiger partial charge in [0.25, 0.3) is 0 Å². The molecule has 5 N–H and O–H groups in total. The number of hydrogen-bond donors (Lipinski definition) is 4. The third-order valence-corrected chi connectivity index (χ3v) is 3.78. The van der Waals surface area contributed by atoms with Crippen molar-refractivity contribution >= 4 is 29.2 Å². The SMILES string of the molecule is Cc1csc(C(C)NC(=O)N[C@@H](CCC(N)=O)C(=O)O)n1. The molecule has 1 heterocycles. The van der Waals surface area contributed by atoms with E-state index < -0.39 is 23.9 Å². The van der Waals surface area contributed by atoms with Gasteiger partial charge in [-0.15, -0.1) is 11.3 Å². The van der Waals surface area contributed by atoms with Gasteiger partial charge in [-0.1, -0.05) is 0 Å². The number of aliphatic carboxylic acids is 1. The Morgan fingerprint density at radius 1 is 1.43 bits per heavy atom. The molecule has 21 heavy (non-hydrogen) atoms. The van der Waals surface area contributed by atoms with Crippen molar-refractivity contribution in [2.24, 2.45) is 5.73 Å². The molecule has 9 heteroatoms. The number of nitrogens with zero attached hydrogens (tertiary/aromatic N) is 1. The molecule has 1 aromatic heterocycles. The number of urea groups is 1. The van der Waals surface area contributed by atoms with Crippen LogP contribution in [0.1, 0.15) is 36.5 Å². The molecule has 2 atom stereocenters. The maximum atomic E-state index is 11.8. The van der Waals surface area contributed by atoms with E-state index in [9.17, 15) is 14.4 Å². The number of primary amides is 1. The lowest BCUT2D eigenvalue weighted by Crippen LogP contribution is -2.46. The van der Waals surface area contributed by atoms with Crippen LogP contribution in [0.3, 0.4) is 0 Å². The number of carbonyl (C=O) groups is 3. The van der Waals surface area contributed by atoms with Crippen LogP contribution in [0.15, 0.2) is 5.38 Å². The van der Waals surface area contributed by atoms with Crippen LogP contribution in [0.5, 0.6) is 0 Å². The Morgan fingerprint density at radius 3 is 2.57 bits per heavy atom. The van der Waals surface area contributed by atoms with Gasteiger partial charge in [0.2, 0.25) is 5.91 Å². The lowest BCUT2D eigenvalue weighted by atomic mass is 10.1. The van der Waals surface area contributed by atoms with E-state index in [0.29, 0.717) is 0 Å². The van der Waals surface area contributed by atoms with Gasteiger partial charge in [-0.05, 0) is 20.3 Å². The summed E-state index contributed by atoms with van der Waals surface area (Å²) in [6.45, 7) is 3.59. The first-order valence-corrected chi connectivity index (χ1v) is 7.17. The highest BCUT2D eigenvalue weighted by Gasteiger charge is 2.21. The summed E-state index contributed by atoms with van der Waals surface area (Å²) < 4.78 is 0. The van der Waals surface area contributed by atoms with Gasteiger partial charge in [0, 0.05) is 17.5 Å². The van der Waals surface area contributed by atoms with Crippen molar-refractivity contribution in [3.8, 4) is 0 Å². The summed E-state index contributed by atoms with van der Waals surface area (Å²) in [6.07, 6.45) is -0.165. The molecule has 0 saturated heterocycles. The van der Waals surface area contributed by atoms with E-state index in [1.165, 1.54) is 11.3 Å². The minimum atomic E-state index is -1.22. The Labute approximate surface area is 125 Å². The smallest absolute Gasteiger partial charge is 0.326 e. The molecule has 1 aromatic rings. The molecule has 0 fully saturated rings. The van der Waals surface area contributed by atoms with Crippen LogP contribution in [0.4, 0.5) is 4.79 Å². The van der Waals surface area contributed by atoms with Crippen LogP contribution in [-0.2, 0) is 9.59 Å². The summed E-state index contributed by atoms with van der Waals surface area (Å²) in [5.74, 6) is -1.83. The second-order valence-corrected chi connectivity index (χ2v) is 5.45. The van der Waals surface area contributed by atoms with Crippen molar-refractivity contribution in [2.75, 3.05) is 0 Å². The monoisotopic (exact) mass is 314 g/mol. The van der Waals surface area contributed by atoms with Gasteiger partial charge in [0.15, 0.2) is 0 Å². The number of carboxylic acid groups (broad SMARTS) is 1. The predicted molar refractivity (Wildman–Crippen MR) is 76.8 cm³/mol. The molecular weight excluding hydrogens is 296 g/mol. The summed E-state index contributed by atoms with van der Waals surface area (Å²) in [5.41, 5.74) is 5.82. The van der Waals surface area contributed by atoms with Crippen molar-refractivity contribution in [3.63, 3.8) is 0 Å². The fourth-order valence-corrected chi connectivity index (χ4v) is 2.38. The lowest BCUT2D eigenvalue weighted by Gasteiger charge is -2.17. The molecule has 8 nitrogen and oxygen atoms in total. The second-order valence-electron chi connectivity index (χ2n) is 4.56. The van der Waals surface area contributed by atoms with E-state index in [1.54, 1.807) is 6.92 Å². The number of carboxylic acids is 1. The number of aryl methyl sites for hydroxylation is 1. The summed E-state index contributed by atoms with van der Waals surface area (Å²) in [5, 5.41) is 16.5. The standard InChI is InChI=1S/C12H18N4O4S/c1-6-5-21-10(14-6)7(2)15-12(20)16-8(11(18)19)3-4-9(13)17/h5,7-8H,3-4H2,1-2H3,(H2,13,17)(H,18,19)(H2,15,16,20)/t7?,8-/m0/s1. The average molecular weight is 314 g/mol. The summed E-state index contributed by atoms with van der Waals surface area (Å²) in [7, 11) is 0. The number of nitrogens with two attached hydrogens (primary N) is 1. The second kappa shape index (κ2) is 7.58. The van der Waals surface area contributed by atoms with E-state index in [-0.39, 0.29) is 18.9 Å². The molecule has 3 amide bonds. The summed E-state index contributed by atoms with van der Waals surface area (Å²) in [6, 6.07) is -2.13. The largest absolute Gasteiger partial charge is 0.480 e. The van der Waals surface area contributed by atoms with Crippen molar-refractivity contribution in [1.29, 1.82) is 0 Å². The highest BCUT2D eigenvalue weighted by atomic mass is 32.1. The number of nitrogens with one attached hydrogen (secondary N) is 2. The fourth-order valence-electron chi connectivity index (χ4n) is 1.57. The van der Waals surface area contributed by atoms with Crippen LogP contribution in [0.2, 0.25) is 0 Å². The van der Waals surface area contributed by atoms with Gasteiger partial charge in [-0.25, -0.2) is 14.6 Å². The maximum Gasteiger partial charge on any atom is 0.326 e. The van der Waals surface area contributed by atoms with Crippen molar-refractivity contribution in [1.82, 2.24) is 15.6 Å². The fraction of sp³-hybridized carbons (Fsp3) is 0.500. The number of amides is 3. The number of hydrogen-bond acceptors (Lipinski definition) is 5. The Morgan fingerprint density at radius 2 is 2.10 bits per heavy atom. The zero-order chi connectivity index (χ0) is 16.0. The Balaban J connectivity index is 2.53. The number of carbonyl (C=O) groups excluding carboxylic acids is 2. The predicted octanol–water partition coefficient (Wildman–Crippen LogP) is 0.530. The van der Waals surface area contributed by atoms with E-state index in [0.717, 1.165) is 10.7 Å². The van der Waals surface area contributed by atoms with Crippen molar-refractivity contribution in [2.45, 2.75) is 38.8 Å². The molecule has 0 aliphatic carbocycles. The van der Waals surface area contributed by atoms with Gasteiger partial charge >= 0.3 is 12.0 Å². The van der Waals surface area contributed by atoms with Crippen LogP contribution < -0.4 is 16.4 Å². The molecule has 116 valence electrons. The lowest BCUT2D eigenvalue weighted by molar-refractivity contribution is -0.139. The van der Waals surface area contributed by atoms with Crippen LogP contribution >= 0.6 is 11.3 Å². The molecular formula is C12H18N4O4S. The van der Waals surface area contributed by atoms with Crippen LogP contribution in [-0.4, -0.2) is 34.0 Å². The minimum absolute atomic E-state index is 0.0528. The number of aromatic nitrogens is 1. The molecule has 0 aliphatic heterocycles. The van der Waals surface area contributed by atoms with E-state index >= 15 is 0 Å². The van der Waals surface area contributed by atoms with Gasteiger partial charge in [-0.2, -0.15) is 0 Å². The van der Waals surface area contributed by atoms with Crippen molar-refractivity contribution < 1.29 is 19.5 Å². The normalized spacial score (nSPS) is 13.2. The maximum absolute atomic E-state index is 11.8. The molecule has 1 unspecified atom stereocenters. The van der Waals surface area contributed by atoms with Gasteiger partial charge in [-0.3, -0.25) is 4.79 Å². The van der Waals surface area contributed by atoms with Crippen molar-refractivity contribution in [3.05, 3.63) is 16.1 Å². The molecule has 0 bridgehead atoms. The van der Waals surface area contributed by atoms with E-state index in [4.69, 9.17) is 10.8 Å². The minimum Gasteiger partial charge on any atom is -0.480 e. The molecule has 0 spiro atoms. The quantitative estimate of drug-likeness (QED) is 0.582. The molecule has 1 rings (SSSR count). The first-order chi connectivity index (χ1) is 9.79. The van der Waals surface area contributed by atoms with Gasteiger partial charge < -0.3 is 21.5 Å². The summed E-state index contributed by atoms with van der Waals surface area (Å²) >= 11 is 1.41. The first-order valence-electron chi connectivity index (χ1n) is 6.29. The Kier molecular flexibility index (Phi) is 6.10. The topological polar surface area (TPSA) is 134 Å². The number of thiazole rings is 1. The third-order valence-electron chi connectivity index (χ3n) is 2.64. The van der Waals surface area contributed by atoms with E-state index in [1.807, 2.05) is 12.3 Å². The third kappa shape index (κ3) is 5.78. The van der Waals surface area contributed by atoms with Crippen LogP contribution in [0.25, 0.3) is 0 Å². The molecule has 0 saturated carbocycles. The number of rotatable bonds is 7. The highest BCUT2D eigenvalue weighted by molar-refractivity contribution is 7.09. The summed E-state index contributed by atoms with van der Waals surface area (Å²) in [4.78, 5) is 37.7. The van der Waals surface area contributed by atoms with Gasteiger partial charge in [0.05, 0.1) is 6.04 Å². The zero-order valence-corrected chi connectivity index (χ0v) is 12.6. The molecule has 0 aromatic carbocycles. The first kappa shape index (κ1) is 16.9. The zero-order valence-electron chi connectivity index (χ0n) is 11.8. The molecule has 0 aliphatic rings. The van der Waals surface area contributed by atoms with Gasteiger partial charge in [0.1, 0.15) is 11.0 Å². The van der Waals surface area contributed by atoms with E-state index in [2.05, 4.69) is 15.6 Å². The Bertz CT molecular complexity index is 531. The average Bonchev–Trinajstić information content (AvgIpc) is 2.80. The van der Waals surface area contributed by atoms with Crippen LogP contribution in [0, 0.1) is 6.92 Å². The molecule has 0 radical (unpaired) electrons.